The number of anilines is 1. The molecule has 0 atom stereocenters. The molecule has 0 aromatic heterocycles. The molecule has 1 amide bonds. The van der Waals surface area contributed by atoms with Crippen molar-refractivity contribution in [3.63, 3.8) is 0 Å². The van der Waals surface area contributed by atoms with Gasteiger partial charge in [0.15, 0.2) is 0 Å². The minimum atomic E-state index is -3.47. The molecule has 8 heteroatoms. The van der Waals surface area contributed by atoms with Gasteiger partial charge in [-0.05, 0) is 55.3 Å². The van der Waals surface area contributed by atoms with Crippen LogP contribution in [0.1, 0.15) is 23.2 Å². The highest BCUT2D eigenvalue weighted by Crippen LogP contribution is 2.26. The first-order chi connectivity index (χ1) is 13.0. The van der Waals surface area contributed by atoms with Crippen LogP contribution >= 0.6 is 0 Å². The second kappa shape index (κ2) is 7.98. The van der Waals surface area contributed by atoms with E-state index >= 15 is 0 Å². The van der Waals surface area contributed by atoms with E-state index in [2.05, 4.69) is 5.32 Å². The van der Waals surface area contributed by atoms with Crippen LogP contribution in [0.4, 0.5) is 5.69 Å². The molecule has 1 saturated heterocycles. The Kier molecular flexibility index (Phi) is 5.67. The number of hydrogen-bond donors (Lipinski definition) is 1. The number of benzene rings is 2. The predicted octanol–water partition coefficient (Wildman–Crippen LogP) is 2.74. The van der Waals surface area contributed by atoms with Gasteiger partial charge in [-0.25, -0.2) is 8.42 Å². The zero-order valence-corrected chi connectivity index (χ0v) is 16.1. The van der Waals surface area contributed by atoms with Crippen LogP contribution in [0.2, 0.25) is 0 Å². The number of amides is 1. The molecule has 0 spiro atoms. The second-order valence-corrected chi connectivity index (χ2v) is 8.09. The Morgan fingerprint density at radius 3 is 2.26 bits per heavy atom. The quantitative estimate of drug-likeness (QED) is 0.820. The van der Waals surface area contributed by atoms with E-state index in [1.54, 1.807) is 30.3 Å². The summed E-state index contributed by atoms with van der Waals surface area (Å²) in [5.41, 5.74) is 0.816. The van der Waals surface area contributed by atoms with Gasteiger partial charge in [0.25, 0.3) is 5.91 Å². The van der Waals surface area contributed by atoms with Gasteiger partial charge in [0, 0.05) is 18.8 Å². The van der Waals surface area contributed by atoms with Crippen molar-refractivity contribution >= 4 is 21.6 Å². The fourth-order valence-electron chi connectivity index (χ4n) is 2.98. The molecule has 1 N–H and O–H groups in total. The first-order valence-corrected chi connectivity index (χ1v) is 10.0. The average molecular weight is 390 g/mol. The lowest BCUT2D eigenvalue weighted by Crippen LogP contribution is -2.27. The van der Waals surface area contributed by atoms with Gasteiger partial charge in [0.2, 0.25) is 10.0 Å². The van der Waals surface area contributed by atoms with Crippen LogP contribution in [0.15, 0.2) is 47.4 Å². The molecule has 0 bridgehead atoms. The van der Waals surface area contributed by atoms with Gasteiger partial charge in [-0.15, -0.1) is 0 Å². The van der Waals surface area contributed by atoms with E-state index < -0.39 is 10.0 Å². The highest BCUT2D eigenvalue weighted by molar-refractivity contribution is 7.89. The summed E-state index contributed by atoms with van der Waals surface area (Å²) in [5.74, 6) is 0.579. The summed E-state index contributed by atoms with van der Waals surface area (Å²) in [4.78, 5) is 12.8. The number of rotatable bonds is 6. The van der Waals surface area contributed by atoms with Crippen LogP contribution in [0.5, 0.6) is 11.5 Å². The molecule has 0 saturated carbocycles. The molecule has 1 heterocycles. The lowest BCUT2D eigenvalue weighted by Gasteiger charge is -2.16. The van der Waals surface area contributed by atoms with Crippen LogP contribution < -0.4 is 14.8 Å². The number of ether oxygens (including phenoxy) is 2. The first kappa shape index (κ1) is 19.2. The summed E-state index contributed by atoms with van der Waals surface area (Å²) < 4.78 is 37.0. The number of nitrogens with one attached hydrogen (secondary N) is 1. The number of carbonyl (C=O) groups excluding carboxylic acids is 1. The van der Waals surface area contributed by atoms with Gasteiger partial charge in [0.1, 0.15) is 11.5 Å². The van der Waals surface area contributed by atoms with E-state index in [1.165, 1.54) is 30.7 Å². The smallest absolute Gasteiger partial charge is 0.259 e. The van der Waals surface area contributed by atoms with Crippen LogP contribution in [-0.4, -0.2) is 45.9 Å². The fraction of sp³-hybridized carbons (Fsp3) is 0.316. The Balaban J connectivity index is 1.78. The summed E-state index contributed by atoms with van der Waals surface area (Å²) >= 11 is 0. The van der Waals surface area contributed by atoms with E-state index in [4.69, 9.17) is 9.47 Å². The van der Waals surface area contributed by atoms with Crippen molar-refractivity contribution in [2.45, 2.75) is 17.7 Å². The summed E-state index contributed by atoms with van der Waals surface area (Å²) in [6.07, 6.45) is 1.77. The topological polar surface area (TPSA) is 84.9 Å². The van der Waals surface area contributed by atoms with Crippen molar-refractivity contribution in [3.8, 4) is 11.5 Å². The Morgan fingerprint density at radius 1 is 1.00 bits per heavy atom. The summed E-state index contributed by atoms with van der Waals surface area (Å²) in [5, 5.41) is 2.75. The minimum absolute atomic E-state index is 0.223. The highest BCUT2D eigenvalue weighted by atomic mass is 32.2. The third-order valence-electron chi connectivity index (χ3n) is 4.47. The molecular weight excluding hydrogens is 368 g/mol. The lowest BCUT2D eigenvalue weighted by atomic mass is 10.1. The maximum atomic E-state index is 12.6. The molecule has 3 rings (SSSR count). The largest absolute Gasteiger partial charge is 0.497 e. The molecule has 144 valence electrons. The van der Waals surface area contributed by atoms with Crippen LogP contribution in [0, 0.1) is 0 Å². The number of sulfonamides is 1. The van der Waals surface area contributed by atoms with Crippen LogP contribution in [0.3, 0.4) is 0 Å². The van der Waals surface area contributed by atoms with Crippen LogP contribution in [0.25, 0.3) is 0 Å². The Hall–Kier alpha value is -2.58. The summed E-state index contributed by atoms with van der Waals surface area (Å²) in [6.45, 7) is 1.10. The molecule has 1 fully saturated rings. The highest BCUT2D eigenvalue weighted by Gasteiger charge is 2.27. The van der Waals surface area contributed by atoms with E-state index in [-0.39, 0.29) is 10.8 Å². The zero-order valence-electron chi connectivity index (χ0n) is 15.3. The monoisotopic (exact) mass is 390 g/mol. The van der Waals surface area contributed by atoms with E-state index in [0.29, 0.717) is 35.8 Å². The van der Waals surface area contributed by atoms with Crippen molar-refractivity contribution in [2.24, 2.45) is 0 Å². The SMILES string of the molecule is COc1ccc(OC)c(C(=O)Nc2ccc(S(=O)(=O)N3CCCC3)cc2)c1. The molecule has 27 heavy (non-hydrogen) atoms. The number of hydrogen-bond acceptors (Lipinski definition) is 5. The number of methoxy groups -OCH3 is 2. The number of nitrogens with zero attached hydrogens (tertiary/aromatic N) is 1. The molecule has 1 aliphatic heterocycles. The molecule has 2 aromatic rings. The Morgan fingerprint density at radius 2 is 1.67 bits per heavy atom. The van der Waals surface area contributed by atoms with Crippen molar-refractivity contribution < 1.29 is 22.7 Å². The van der Waals surface area contributed by atoms with Gasteiger partial charge >= 0.3 is 0 Å². The third-order valence-corrected chi connectivity index (χ3v) is 6.38. The summed E-state index contributed by atoms with van der Waals surface area (Å²) in [7, 11) is -0.472. The Bertz CT molecular complexity index is 920. The maximum Gasteiger partial charge on any atom is 0.259 e. The maximum absolute atomic E-state index is 12.6. The van der Waals surface area contributed by atoms with Crippen molar-refractivity contribution in [2.75, 3.05) is 32.6 Å². The minimum Gasteiger partial charge on any atom is -0.497 e. The van der Waals surface area contributed by atoms with Gasteiger partial charge in [-0.1, -0.05) is 0 Å². The van der Waals surface area contributed by atoms with Crippen molar-refractivity contribution in [1.29, 1.82) is 0 Å². The van der Waals surface area contributed by atoms with Gasteiger partial charge in [-0.3, -0.25) is 4.79 Å². The lowest BCUT2D eigenvalue weighted by molar-refractivity contribution is 0.102. The van der Waals surface area contributed by atoms with Crippen molar-refractivity contribution in [1.82, 2.24) is 4.31 Å². The Labute approximate surface area is 158 Å². The van der Waals surface area contributed by atoms with E-state index in [1.807, 2.05) is 0 Å². The molecule has 0 radical (unpaired) electrons. The number of carbonyl (C=O) groups is 1. The molecule has 0 aliphatic carbocycles. The molecule has 2 aromatic carbocycles. The molecular formula is C19H22N2O5S. The van der Waals surface area contributed by atoms with Gasteiger partial charge < -0.3 is 14.8 Å². The molecule has 0 unspecified atom stereocenters. The molecule has 7 nitrogen and oxygen atoms in total. The average Bonchev–Trinajstić information content (AvgIpc) is 3.23. The van der Waals surface area contributed by atoms with Gasteiger partial charge in [0.05, 0.1) is 24.7 Å². The van der Waals surface area contributed by atoms with Gasteiger partial charge in [-0.2, -0.15) is 4.31 Å². The zero-order chi connectivity index (χ0) is 19.4. The second-order valence-electron chi connectivity index (χ2n) is 6.16. The first-order valence-electron chi connectivity index (χ1n) is 8.59. The van der Waals surface area contributed by atoms with E-state index in [0.717, 1.165) is 12.8 Å². The predicted molar refractivity (Wildman–Crippen MR) is 102 cm³/mol. The van der Waals surface area contributed by atoms with Crippen LogP contribution in [-0.2, 0) is 10.0 Å². The van der Waals surface area contributed by atoms with Crippen molar-refractivity contribution in [3.05, 3.63) is 48.0 Å². The molecule has 1 aliphatic rings. The standard InChI is InChI=1S/C19H22N2O5S/c1-25-15-7-10-18(26-2)17(13-15)19(22)20-14-5-8-16(9-6-14)27(23,24)21-11-3-4-12-21/h5-10,13H,3-4,11-12H2,1-2H3,(H,20,22). The summed E-state index contributed by atoms with van der Waals surface area (Å²) in [6, 6.07) is 11.1. The third kappa shape index (κ3) is 4.06. The van der Waals surface area contributed by atoms with E-state index in [9.17, 15) is 13.2 Å². The normalized spacial score (nSPS) is 14.7. The fourth-order valence-corrected chi connectivity index (χ4v) is 4.49.